The number of ether oxygens (including phenoxy) is 2. The van der Waals surface area contributed by atoms with Gasteiger partial charge in [0.1, 0.15) is 11.9 Å². The number of hydrogen-bond donors (Lipinski definition) is 1. The summed E-state index contributed by atoms with van der Waals surface area (Å²) in [6, 6.07) is 8.75. The molecule has 26 heavy (non-hydrogen) atoms. The van der Waals surface area contributed by atoms with Crippen LogP contribution in [0.15, 0.2) is 29.3 Å². The quantitative estimate of drug-likeness (QED) is 0.640. The van der Waals surface area contributed by atoms with E-state index < -0.39 is 0 Å². The first-order chi connectivity index (χ1) is 12.7. The van der Waals surface area contributed by atoms with Gasteiger partial charge >= 0.3 is 0 Å². The van der Waals surface area contributed by atoms with Crippen LogP contribution in [-0.2, 0) is 4.74 Å². The molecule has 0 aliphatic carbocycles. The molecule has 1 aromatic carbocycles. The molecule has 2 unspecified atom stereocenters. The van der Waals surface area contributed by atoms with Crippen molar-refractivity contribution in [2.24, 2.45) is 4.99 Å². The average Bonchev–Trinajstić information content (AvgIpc) is 3.15. The first kappa shape index (κ1) is 19.0. The number of morpholine rings is 1. The molecule has 2 heterocycles. The van der Waals surface area contributed by atoms with Crippen LogP contribution in [0, 0.1) is 6.92 Å². The third-order valence-corrected chi connectivity index (χ3v) is 5.21. The number of aliphatic imine (C=N–C) groups is 1. The zero-order chi connectivity index (χ0) is 18.4. The summed E-state index contributed by atoms with van der Waals surface area (Å²) in [5, 5.41) is 3.48. The SMILES string of the molecule is CN=C(NCC(C)Oc1ccccc1C)N1CCC(N2CCOCC2)C1. The molecule has 0 aromatic heterocycles. The van der Waals surface area contributed by atoms with E-state index >= 15 is 0 Å². The lowest BCUT2D eigenvalue weighted by molar-refractivity contribution is 0.0194. The molecular formula is C20H32N4O2. The molecule has 6 heteroatoms. The van der Waals surface area contributed by atoms with Crippen molar-refractivity contribution in [3.05, 3.63) is 29.8 Å². The molecule has 0 spiro atoms. The van der Waals surface area contributed by atoms with Gasteiger partial charge in [0.15, 0.2) is 5.96 Å². The number of para-hydroxylation sites is 1. The molecule has 1 aromatic rings. The van der Waals surface area contributed by atoms with Gasteiger partial charge in [-0.1, -0.05) is 18.2 Å². The van der Waals surface area contributed by atoms with E-state index in [1.165, 1.54) is 6.42 Å². The van der Waals surface area contributed by atoms with Gasteiger partial charge < -0.3 is 19.7 Å². The molecule has 2 aliphatic rings. The number of nitrogens with one attached hydrogen (secondary N) is 1. The first-order valence-corrected chi connectivity index (χ1v) is 9.67. The maximum absolute atomic E-state index is 6.06. The minimum Gasteiger partial charge on any atom is -0.489 e. The molecule has 144 valence electrons. The van der Waals surface area contributed by atoms with E-state index in [0.717, 1.165) is 63.2 Å². The lowest BCUT2D eigenvalue weighted by Gasteiger charge is -2.32. The molecule has 3 rings (SSSR count). The zero-order valence-corrected chi connectivity index (χ0v) is 16.3. The minimum absolute atomic E-state index is 0.0745. The second-order valence-corrected chi connectivity index (χ2v) is 7.16. The lowest BCUT2D eigenvalue weighted by atomic mass is 10.2. The molecular weight excluding hydrogens is 328 g/mol. The van der Waals surface area contributed by atoms with Crippen LogP contribution in [-0.4, -0.2) is 80.9 Å². The summed E-state index contributed by atoms with van der Waals surface area (Å²) in [4.78, 5) is 9.40. The summed E-state index contributed by atoms with van der Waals surface area (Å²) in [7, 11) is 1.86. The van der Waals surface area contributed by atoms with Crippen LogP contribution in [0.1, 0.15) is 18.9 Å². The van der Waals surface area contributed by atoms with E-state index in [1.54, 1.807) is 0 Å². The van der Waals surface area contributed by atoms with Gasteiger partial charge in [0.05, 0.1) is 19.8 Å². The predicted molar refractivity (Wildman–Crippen MR) is 105 cm³/mol. The van der Waals surface area contributed by atoms with Gasteiger partial charge in [-0.25, -0.2) is 0 Å². The zero-order valence-electron chi connectivity index (χ0n) is 16.3. The van der Waals surface area contributed by atoms with Crippen LogP contribution in [0.5, 0.6) is 5.75 Å². The highest BCUT2D eigenvalue weighted by atomic mass is 16.5. The topological polar surface area (TPSA) is 49.3 Å². The summed E-state index contributed by atoms with van der Waals surface area (Å²) < 4.78 is 11.5. The molecule has 0 radical (unpaired) electrons. The molecule has 2 aliphatic heterocycles. The molecule has 6 nitrogen and oxygen atoms in total. The van der Waals surface area contributed by atoms with E-state index in [4.69, 9.17) is 9.47 Å². The van der Waals surface area contributed by atoms with Crippen molar-refractivity contribution in [3.8, 4) is 5.75 Å². The molecule has 2 saturated heterocycles. The molecule has 2 fully saturated rings. The molecule has 0 amide bonds. The molecule has 0 bridgehead atoms. The Morgan fingerprint density at radius 3 is 2.81 bits per heavy atom. The maximum atomic E-state index is 6.06. The lowest BCUT2D eigenvalue weighted by Crippen LogP contribution is -2.47. The van der Waals surface area contributed by atoms with Crippen molar-refractivity contribution >= 4 is 5.96 Å². The van der Waals surface area contributed by atoms with Gasteiger partial charge in [-0.05, 0) is 31.9 Å². The Kier molecular flexibility index (Phi) is 6.74. The van der Waals surface area contributed by atoms with Gasteiger partial charge in [-0.3, -0.25) is 9.89 Å². The van der Waals surface area contributed by atoms with Crippen molar-refractivity contribution in [2.45, 2.75) is 32.4 Å². The standard InChI is InChI=1S/C20H32N4O2/c1-16-6-4-5-7-19(16)26-17(2)14-22-20(21-3)24-9-8-18(15-24)23-10-12-25-13-11-23/h4-7,17-18H,8-15H2,1-3H3,(H,21,22). The predicted octanol–water partition coefficient (Wildman–Crippen LogP) is 1.74. The number of nitrogens with zero attached hydrogens (tertiary/aromatic N) is 3. The molecule has 1 N–H and O–H groups in total. The molecule has 2 atom stereocenters. The summed E-state index contributed by atoms with van der Waals surface area (Å²) in [5.74, 6) is 1.92. The van der Waals surface area contributed by atoms with Crippen molar-refractivity contribution < 1.29 is 9.47 Å². The van der Waals surface area contributed by atoms with Gasteiger partial charge in [0.2, 0.25) is 0 Å². The summed E-state index contributed by atoms with van der Waals surface area (Å²) in [5.41, 5.74) is 1.16. The third kappa shape index (κ3) is 4.89. The Balaban J connectivity index is 1.46. The second-order valence-electron chi connectivity index (χ2n) is 7.16. The normalized spacial score (nSPS) is 23.1. The number of benzene rings is 1. The fraction of sp³-hybridized carbons (Fsp3) is 0.650. The first-order valence-electron chi connectivity index (χ1n) is 9.67. The third-order valence-electron chi connectivity index (χ3n) is 5.21. The van der Waals surface area contributed by atoms with Crippen molar-refractivity contribution in [2.75, 3.05) is 53.0 Å². The number of likely N-dealkylation sites (tertiary alicyclic amines) is 1. The van der Waals surface area contributed by atoms with Gasteiger partial charge in [-0.15, -0.1) is 0 Å². The highest BCUT2D eigenvalue weighted by Gasteiger charge is 2.30. The van der Waals surface area contributed by atoms with Crippen LogP contribution in [0.4, 0.5) is 0 Å². The van der Waals surface area contributed by atoms with E-state index in [0.29, 0.717) is 6.04 Å². The van der Waals surface area contributed by atoms with Crippen molar-refractivity contribution in [1.29, 1.82) is 0 Å². The Morgan fingerprint density at radius 2 is 2.08 bits per heavy atom. The van der Waals surface area contributed by atoms with Crippen LogP contribution in [0.3, 0.4) is 0 Å². The van der Waals surface area contributed by atoms with Gasteiger partial charge in [-0.2, -0.15) is 0 Å². The van der Waals surface area contributed by atoms with Gasteiger partial charge in [0.25, 0.3) is 0 Å². The number of guanidine groups is 1. The van der Waals surface area contributed by atoms with E-state index in [1.807, 2.05) is 25.2 Å². The van der Waals surface area contributed by atoms with Gasteiger partial charge in [0, 0.05) is 39.3 Å². The van der Waals surface area contributed by atoms with Crippen molar-refractivity contribution in [3.63, 3.8) is 0 Å². The number of hydrogen-bond acceptors (Lipinski definition) is 4. The average molecular weight is 361 g/mol. The van der Waals surface area contributed by atoms with E-state index in [-0.39, 0.29) is 6.10 Å². The Labute approximate surface area is 157 Å². The van der Waals surface area contributed by atoms with Crippen LogP contribution in [0.25, 0.3) is 0 Å². The highest BCUT2D eigenvalue weighted by Crippen LogP contribution is 2.18. The Morgan fingerprint density at radius 1 is 1.31 bits per heavy atom. The maximum Gasteiger partial charge on any atom is 0.193 e. The largest absolute Gasteiger partial charge is 0.489 e. The van der Waals surface area contributed by atoms with Crippen LogP contribution in [0.2, 0.25) is 0 Å². The second kappa shape index (κ2) is 9.24. The molecule has 0 saturated carbocycles. The van der Waals surface area contributed by atoms with Crippen molar-refractivity contribution in [1.82, 2.24) is 15.1 Å². The number of aryl methyl sites for hydroxylation is 1. The van der Waals surface area contributed by atoms with E-state index in [2.05, 4.69) is 40.0 Å². The summed E-state index contributed by atoms with van der Waals surface area (Å²) in [6.45, 7) is 10.8. The highest BCUT2D eigenvalue weighted by molar-refractivity contribution is 5.80. The number of rotatable bonds is 5. The summed E-state index contributed by atoms with van der Waals surface area (Å²) in [6.07, 6.45) is 1.26. The monoisotopic (exact) mass is 360 g/mol. The minimum atomic E-state index is 0.0745. The van der Waals surface area contributed by atoms with E-state index in [9.17, 15) is 0 Å². The van der Waals surface area contributed by atoms with Crippen LogP contribution < -0.4 is 10.1 Å². The fourth-order valence-corrected chi connectivity index (χ4v) is 3.69. The fourth-order valence-electron chi connectivity index (χ4n) is 3.69. The summed E-state index contributed by atoms with van der Waals surface area (Å²) >= 11 is 0. The smallest absolute Gasteiger partial charge is 0.193 e. The Bertz CT molecular complexity index is 601. The Hall–Kier alpha value is -1.79. The van der Waals surface area contributed by atoms with Crippen LogP contribution >= 0.6 is 0 Å².